The molecule has 0 aliphatic heterocycles. The van der Waals surface area contributed by atoms with Crippen LogP contribution in [0.25, 0.3) is 0 Å². The molecule has 1 fully saturated rings. The molecule has 0 spiro atoms. The van der Waals surface area contributed by atoms with Crippen LogP contribution in [0.5, 0.6) is 0 Å². The summed E-state index contributed by atoms with van der Waals surface area (Å²) in [6.45, 7) is -0.551. The number of amides is 2. The zero-order valence-electron chi connectivity index (χ0n) is 22.3. The third-order valence-electron chi connectivity index (χ3n) is 7.01. The van der Waals surface area contributed by atoms with Gasteiger partial charge in [-0.2, -0.15) is 0 Å². The molecule has 40 heavy (non-hydrogen) atoms. The van der Waals surface area contributed by atoms with E-state index in [1.54, 1.807) is 30.3 Å². The van der Waals surface area contributed by atoms with Crippen LogP contribution >= 0.6 is 11.6 Å². The predicted octanol–water partition coefficient (Wildman–Crippen LogP) is 4.94. The summed E-state index contributed by atoms with van der Waals surface area (Å²) in [5.74, 6) is -1.30. The Labute approximate surface area is 240 Å². The maximum absolute atomic E-state index is 14.0. The first-order valence-electron chi connectivity index (χ1n) is 13.2. The number of nitrogens with zero attached hydrogens (tertiary/aromatic N) is 2. The third-order valence-corrected chi connectivity index (χ3v) is 8.39. The van der Waals surface area contributed by atoms with E-state index in [1.807, 2.05) is 30.3 Å². The lowest BCUT2D eigenvalue weighted by Crippen LogP contribution is -2.54. The van der Waals surface area contributed by atoms with Crippen molar-refractivity contribution in [1.29, 1.82) is 0 Å². The largest absolute Gasteiger partial charge is 0.352 e. The summed E-state index contributed by atoms with van der Waals surface area (Å²) < 4.78 is 40.3. The molecule has 1 unspecified atom stereocenters. The first kappa shape index (κ1) is 29.6. The number of anilines is 1. The number of hydrogen-bond donors (Lipinski definition) is 1. The molecule has 0 heterocycles. The zero-order chi connectivity index (χ0) is 28.7. The van der Waals surface area contributed by atoms with E-state index in [9.17, 15) is 22.4 Å². The van der Waals surface area contributed by atoms with Crippen molar-refractivity contribution in [2.24, 2.45) is 0 Å². The van der Waals surface area contributed by atoms with Crippen molar-refractivity contribution < 1.29 is 22.4 Å². The highest BCUT2D eigenvalue weighted by Crippen LogP contribution is 2.24. The van der Waals surface area contributed by atoms with E-state index >= 15 is 0 Å². The second-order valence-electron chi connectivity index (χ2n) is 10.1. The van der Waals surface area contributed by atoms with Crippen molar-refractivity contribution in [3.8, 4) is 0 Å². The second-order valence-corrected chi connectivity index (χ2v) is 12.4. The molecule has 212 valence electrons. The molecule has 7 nitrogen and oxygen atoms in total. The number of benzene rings is 3. The van der Waals surface area contributed by atoms with E-state index < -0.39 is 34.3 Å². The normalized spacial score (nSPS) is 14.5. The summed E-state index contributed by atoms with van der Waals surface area (Å²) in [5.41, 5.74) is 1.69. The van der Waals surface area contributed by atoms with Crippen LogP contribution in [0.4, 0.5) is 10.1 Å². The van der Waals surface area contributed by atoms with E-state index in [2.05, 4.69) is 5.32 Å². The number of carbonyl (C=O) groups is 2. The van der Waals surface area contributed by atoms with Crippen molar-refractivity contribution in [3.05, 3.63) is 101 Å². The van der Waals surface area contributed by atoms with Gasteiger partial charge in [-0.1, -0.05) is 73.0 Å². The molecule has 1 atom stereocenters. The minimum absolute atomic E-state index is 0.0121. The van der Waals surface area contributed by atoms with Gasteiger partial charge in [0.15, 0.2) is 0 Å². The van der Waals surface area contributed by atoms with Crippen LogP contribution in [-0.2, 0) is 32.6 Å². The Hall–Kier alpha value is -3.43. The molecule has 3 aromatic rings. The van der Waals surface area contributed by atoms with Gasteiger partial charge in [0.05, 0.1) is 11.9 Å². The Morgan fingerprint density at radius 1 is 0.975 bits per heavy atom. The van der Waals surface area contributed by atoms with Gasteiger partial charge in [0.2, 0.25) is 21.8 Å². The van der Waals surface area contributed by atoms with Gasteiger partial charge in [-0.15, -0.1) is 0 Å². The smallest absolute Gasteiger partial charge is 0.244 e. The summed E-state index contributed by atoms with van der Waals surface area (Å²) in [7, 11) is -3.89. The number of sulfonamides is 1. The molecule has 2 amide bonds. The monoisotopic (exact) mass is 585 g/mol. The van der Waals surface area contributed by atoms with Crippen molar-refractivity contribution in [2.45, 2.75) is 50.7 Å². The average Bonchev–Trinajstić information content (AvgIpc) is 3.43. The van der Waals surface area contributed by atoms with Crippen molar-refractivity contribution >= 4 is 39.1 Å². The number of carbonyl (C=O) groups excluding carboxylic acids is 2. The van der Waals surface area contributed by atoms with Crippen LogP contribution < -0.4 is 9.62 Å². The highest BCUT2D eigenvalue weighted by atomic mass is 35.5. The maximum Gasteiger partial charge on any atom is 0.244 e. The van der Waals surface area contributed by atoms with Gasteiger partial charge < -0.3 is 10.2 Å². The SMILES string of the molecule is CS(=O)(=O)N(CC(=O)N(Cc1ccc(F)cc1)C(Cc1ccccc1)C(=O)NC1CCCC1)c1cccc(Cl)c1. The maximum atomic E-state index is 14.0. The number of halogens is 2. The Morgan fingerprint density at radius 3 is 2.27 bits per heavy atom. The van der Waals surface area contributed by atoms with Crippen LogP contribution in [0.2, 0.25) is 5.02 Å². The highest BCUT2D eigenvalue weighted by Gasteiger charge is 2.34. The fourth-order valence-electron chi connectivity index (χ4n) is 4.95. The minimum atomic E-state index is -3.89. The van der Waals surface area contributed by atoms with Gasteiger partial charge in [-0.05, 0) is 54.3 Å². The lowest BCUT2D eigenvalue weighted by atomic mass is 10.0. The van der Waals surface area contributed by atoms with Gasteiger partial charge in [-0.3, -0.25) is 13.9 Å². The Bertz CT molecular complexity index is 1410. The highest BCUT2D eigenvalue weighted by molar-refractivity contribution is 7.92. The Morgan fingerprint density at radius 2 is 1.65 bits per heavy atom. The molecule has 1 aliphatic carbocycles. The van der Waals surface area contributed by atoms with Crippen LogP contribution in [0.3, 0.4) is 0 Å². The third kappa shape index (κ3) is 8.05. The summed E-state index contributed by atoms with van der Waals surface area (Å²) in [6.07, 6.45) is 5.02. The van der Waals surface area contributed by atoms with Crippen LogP contribution in [0.15, 0.2) is 78.9 Å². The van der Waals surface area contributed by atoms with Crippen LogP contribution in [0, 0.1) is 5.82 Å². The topological polar surface area (TPSA) is 86.8 Å². The van der Waals surface area contributed by atoms with Gasteiger partial charge in [0, 0.05) is 24.0 Å². The quantitative estimate of drug-likeness (QED) is 0.345. The average molecular weight is 586 g/mol. The summed E-state index contributed by atoms with van der Waals surface area (Å²) >= 11 is 6.12. The molecule has 1 saturated carbocycles. The van der Waals surface area contributed by atoms with E-state index in [0.29, 0.717) is 10.6 Å². The summed E-state index contributed by atoms with van der Waals surface area (Å²) in [5, 5.41) is 3.43. The van der Waals surface area contributed by atoms with Crippen LogP contribution in [-0.4, -0.2) is 50.0 Å². The van der Waals surface area contributed by atoms with E-state index in [4.69, 9.17) is 11.6 Å². The summed E-state index contributed by atoms with van der Waals surface area (Å²) in [6, 6.07) is 20.3. The molecule has 0 saturated heterocycles. The van der Waals surface area contributed by atoms with Gasteiger partial charge in [-0.25, -0.2) is 12.8 Å². The zero-order valence-corrected chi connectivity index (χ0v) is 23.9. The lowest BCUT2D eigenvalue weighted by molar-refractivity contribution is -0.140. The van der Waals surface area contributed by atoms with E-state index in [0.717, 1.165) is 41.8 Å². The molecular weight excluding hydrogens is 553 g/mol. The number of hydrogen-bond acceptors (Lipinski definition) is 4. The minimum Gasteiger partial charge on any atom is -0.352 e. The van der Waals surface area contributed by atoms with Crippen molar-refractivity contribution in [3.63, 3.8) is 0 Å². The van der Waals surface area contributed by atoms with E-state index in [-0.39, 0.29) is 30.6 Å². The number of nitrogens with one attached hydrogen (secondary N) is 1. The fourth-order valence-corrected chi connectivity index (χ4v) is 5.98. The molecule has 1 N–H and O–H groups in total. The first-order valence-corrected chi connectivity index (χ1v) is 15.4. The molecule has 3 aromatic carbocycles. The first-order chi connectivity index (χ1) is 19.1. The Kier molecular flexibility index (Phi) is 9.81. The molecule has 0 aromatic heterocycles. The lowest BCUT2D eigenvalue weighted by Gasteiger charge is -2.34. The fraction of sp³-hybridized carbons (Fsp3) is 0.333. The van der Waals surface area contributed by atoms with Crippen LogP contribution in [0.1, 0.15) is 36.8 Å². The van der Waals surface area contributed by atoms with Gasteiger partial charge in [0.25, 0.3) is 0 Å². The molecule has 0 radical (unpaired) electrons. The molecule has 0 bridgehead atoms. The molecule has 4 rings (SSSR count). The molecule has 1 aliphatic rings. The molecule has 10 heteroatoms. The van der Waals surface area contributed by atoms with E-state index in [1.165, 1.54) is 23.1 Å². The van der Waals surface area contributed by atoms with Gasteiger partial charge in [0.1, 0.15) is 18.4 Å². The number of rotatable bonds is 11. The van der Waals surface area contributed by atoms with Crippen molar-refractivity contribution in [2.75, 3.05) is 17.1 Å². The summed E-state index contributed by atoms with van der Waals surface area (Å²) in [4.78, 5) is 29.2. The second kappa shape index (κ2) is 13.3. The van der Waals surface area contributed by atoms with Gasteiger partial charge >= 0.3 is 0 Å². The molecular formula is C30H33ClFN3O4S. The Balaban J connectivity index is 1.72. The standard InChI is InChI=1S/C30H33ClFN3O4S/c1-40(38,39)35(27-13-7-10-24(31)19-27)21-29(36)34(20-23-14-16-25(32)17-15-23)28(18-22-8-3-2-4-9-22)30(37)33-26-11-5-6-12-26/h2-4,7-10,13-17,19,26,28H,5-6,11-12,18,20-21H2,1H3,(H,33,37). The predicted molar refractivity (Wildman–Crippen MR) is 155 cm³/mol. The van der Waals surface area contributed by atoms with Crippen molar-refractivity contribution in [1.82, 2.24) is 10.2 Å².